The zero-order valence-corrected chi connectivity index (χ0v) is 15.3. The lowest BCUT2D eigenvalue weighted by Gasteiger charge is -2.09. The molecule has 5 nitrogen and oxygen atoms in total. The number of hydrogen-bond donors (Lipinski definition) is 1. The van der Waals surface area contributed by atoms with Gasteiger partial charge in [-0.05, 0) is 56.2 Å². The number of ether oxygens (including phenoxy) is 2. The first-order valence-corrected chi connectivity index (χ1v) is 8.32. The van der Waals surface area contributed by atoms with Crippen LogP contribution in [0.1, 0.15) is 23.6 Å². The van der Waals surface area contributed by atoms with Crippen molar-refractivity contribution in [2.45, 2.75) is 20.8 Å². The van der Waals surface area contributed by atoms with Crippen molar-refractivity contribution in [2.24, 2.45) is 5.10 Å². The lowest BCUT2D eigenvalue weighted by molar-refractivity contribution is -0.123. The monoisotopic (exact) mass is 360 g/mol. The van der Waals surface area contributed by atoms with Crippen molar-refractivity contribution in [3.8, 4) is 11.5 Å². The van der Waals surface area contributed by atoms with E-state index in [9.17, 15) is 4.79 Å². The van der Waals surface area contributed by atoms with Crippen LogP contribution in [-0.4, -0.2) is 25.3 Å². The number of nitrogens with one attached hydrogen (secondary N) is 1. The quantitative estimate of drug-likeness (QED) is 0.602. The Morgan fingerprint density at radius 1 is 1.20 bits per heavy atom. The van der Waals surface area contributed by atoms with Crippen molar-refractivity contribution in [3.63, 3.8) is 0 Å². The van der Waals surface area contributed by atoms with E-state index in [4.69, 9.17) is 21.1 Å². The van der Waals surface area contributed by atoms with Gasteiger partial charge >= 0.3 is 0 Å². The molecule has 0 spiro atoms. The van der Waals surface area contributed by atoms with Gasteiger partial charge in [0.2, 0.25) is 0 Å². The number of nitrogens with zero attached hydrogens (tertiary/aromatic N) is 1. The maximum atomic E-state index is 11.8. The zero-order chi connectivity index (χ0) is 18.2. The lowest BCUT2D eigenvalue weighted by atomic mass is 10.1. The van der Waals surface area contributed by atoms with Gasteiger partial charge in [0.05, 0.1) is 12.8 Å². The van der Waals surface area contributed by atoms with Crippen LogP contribution in [0.4, 0.5) is 0 Å². The van der Waals surface area contributed by atoms with E-state index < -0.39 is 0 Å². The summed E-state index contributed by atoms with van der Waals surface area (Å²) >= 11 is 6.11. The molecule has 0 aliphatic rings. The number of benzene rings is 2. The summed E-state index contributed by atoms with van der Waals surface area (Å²) in [5.41, 5.74) is 5.03. The van der Waals surface area contributed by atoms with Crippen molar-refractivity contribution in [1.82, 2.24) is 5.43 Å². The minimum absolute atomic E-state index is 0.134. The molecule has 2 aromatic carbocycles. The number of hydrogen-bond acceptors (Lipinski definition) is 4. The molecule has 6 heteroatoms. The van der Waals surface area contributed by atoms with E-state index in [1.165, 1.54) is 0 Å². The van der Waals surface area contributed by atoms with Gasteiger partial charge in [0, 0.05) is 10.6 Å². The molecule has 0 aromatic heterocycles. The molecule has 0 saturated heterocycles. The predicted molar refractivity (Wildman–Crippen MR) is 99.8 cm³/mol. The minimum Gasteiger partial charge on any atom is -0.493 e. The van der Waals surface area contributed by atoms with Crippen molar-refractivity contribution in [3.05, 3.63) is 58.1 Å². The van der Waals surface area contributed by atoms with Gasteiger partial charge < -0.3 is 9.47 Å². The number of hydrazone groups is 1. The summed E-state index contributed by atoms with van der Waals surface area (Å²) in [6, 6.07) is 11.1. The van der Waals surface area contributed by atoms with Gasteiger partial charge in [-0.2, -0.15) is 5.10 Å². The van der Waals surface area contributed by atoms with Gasteiger partial charge in [-0.15, -0.1) is 0 Å². The maximum absolute atomic E-state index is 11.8. The smallest absolute Gasteiger partial charge is 0.277 e. The van der Waals surface area contributed by atoms with E-state index in [2.05, 4.69) is 10.5 Å². The third kappa shape index (κ3) is 5.50. The largest absolute Gasteiger partial charge is 0.493 e. The molecular formula is C19H21ClN2O3. The average molecular weight is 361 g/mol. The number of halogens is 1. The van der Waals surface area contributed by atoms with E-state index in [0.29, 0.717) is 23.1 Å². The molecule has 2 rings (SSSR count). The molecule has 1 N–H and O–H groups in total. The highest BCUT2D eigenvalue weighted by atomic mass is 35.5. The van der Waals surface area contributed by atoms with Crippen LogP contribution in [0.3, 0.4) is 0 Å². The minimum atomic E-state index is -0.351. The van der Waals surface area contributed by atoms with Gasteiger partial charge in [0.15, 0.2) is 6.61 Å². The Kier molecular flexibility index (Phi) is 6.83. The van der Waals surface area contributed by atoms with Gasteiger partial charge in [0.25, 0.3) is 5.91 Å². The summed E-state index contributed by atoms with van der Waals surface area (Å²) in [6.07, 6.45) is 1.54. The van der Waals surface area contributed by atoms with Crippen molar-refractivity contribution in [2.75, 3.05) is 13.2 Å². The van der Waals surface area contributed by atoms with Crippen LogP contribution in [-0.2, 0) is 4.79 Å². The molecule has 0 atom stereocenters. The molecule has 0 unspecified atom stereocenters. The zero-order valence-electron chi connectivity index (χ0n) is 14.5. The molecule has 25 heavy (non-hydrogen) atoms. The van der Waals surface area contributed by atoms with E-state index in [1.807, 2.05) is 45.0 Å². The highest BCUT2D eigenvalue weighted by Gasteiger charge is 2.06. The lowest BCUT2D eigenvalue weighted by Crippen LogP contribution is -2.24. The highest BCUT2D eigenvalue weighted by Crippen LogP contribution is 2.25. The van der Waals surface area contributed by atoms with E-state index in [1.54, 1.807) is 18.3 Å². The molecule has 0 saturated carbocycles. The molecule has 0 radical (unpaired) electrons. The maximum Gasteiger partial charge on any atom is 0.277 e. The summed E-state index contributed by atoms with van der Waals surface area (Å²) in [5.74, 6) is 0.960. The predicted octanol–water partition coefficient (Wildman–Crippen LogP) is 3.88. The summed E-state index contributed by atoms with van der Waals surface area (Å²) in [6.45, 7) is 6.12. The topological polar surface area (TPSA) is 59.9 Å². The van der Waals surface area contributed by atoms with Crippen LogP contribution in [0.15, 0.2) is 41.5 Å². The molecule has 0 aliphatic heterocycles. The Morgan fingerprint density at radius 3 is 2.56 bits per heavy atom. The Morgan fingerprint density at radius 2 is 1.88 bits per heavy atom. The van der Waals surface area contributed by atoms with Crippen molar-refractivity contribution >= 4 is 23.7 Å². The third-order valence-electron chi connectivity index (χ3n) is 3.39. The Labute approximate surface area is 152 Å². The second-order valence-corrected chi connectivity index (χ2v) is 5.80. The molecule has 0 fully saturated rings. The van der Waals surface area contributed by atoms with Gasteiger partial charge in [-0.1, -0.05) is 23.7 Å². The van der Waals surface area contributed by atoms with E-state index in [-0.39, 0.29) is 12.5 Å². The van der Waals surface area contributed by atoms with Gasteiger partial charge in [-0.25, -0.2) is 5.43 Å². The third-order valence-corrected chi connectivity index (χ3v) is 3.99. The molecule has 0 bridgehead atoms. The number of aryl methyl sites for hydroxylation is 2. The highest BCUT2D eigenvalue weighted by molar-refractivity contribution is 6.32. The number of carbonyl (C=O) groups excluding carboxylic acids is 1. The van der Waals surface area contributed by atoms with E-state index >= 15 is 0 Å². The van der Waals surface area contributed by atoms with E-state index in [0.717, 1.165) is 16.7 Å². The summed E-state index contributed by atoms with van der Waals surface area (Å²) in [5, 5.41) is 4.64. The first-order chi connectivity index (χ1) is 12.0. The fourth-order valence-corrected chi connectivity index (χ4v) is 2.33. The van der Waals surface area contributed by atoms with Crippen LogP contribution in [0, 0.1) is 13.8 Å². The Hall–Kier alpha value is -2.53. The van der Waals surface area contributed by atoms with Crippen LogP contribution < -0.4 is 14.9 Å². The van der Waals surface area contributed by atoms with Crippen molar-refractivity contribution < 1.29 is 14.3 Å². The first-order valence-electron chi connectivity index (χ1n) is 7.94. The second-order valence-electron chi connectivity index (χ2n) is 5.42. The van der Waals surface area contributed by atoms with Crippen LogP contribution in [0.25, 0.3) is 0 Å². The molecule has 1 amide bonds. The van der Waals surface area contributed by atoms with Crippen LogP contribution in [0.2, 0.25) is 5.02 Å². The Balaban J connectivity index is 1.89. The SMILES string of the molecule is CCOc1ccccc1C=NNC(=O)COc1cc(C)c(Cl)c(C)c1. The number of para-hydroxylation sites is 1. The van der Waals surface area contributed by atoms with Crippen LogP contribution >= 0.6 is 11.6 Å². The standard InChI is InChI=1S/C19H21ClN2O3/c1-4-24-17-8-6-5-7-15(17)11-21-22-18(23)12-25-16-9-13(2)19(20)14(3)10-16/h5-11H,4,12H2,1-3H3,(H,22,23). The molecule has 0 heterocycles. The molecule has 2 aromatic rings. The number of rotatable bonds is 7. The first kappa shape index (κ1) is 18.8. The number of carbonyl (C=O) groups is 1. The Bertz CT molecular complexity index is 752. The van der Waals surface area contributed by atoms with Gasteiger partial charge in [-0.3, -0.25) is 4.79 Å². The summed E-state index contributed by atoms with van der Waals surface area (Å²) in [4.78, 5) is 11.8. The number of amides is 1. The molecule has 132 valence electrons. The average Bonchev–Trinajstić information content (AvgIpc) is 2.59. The van der Waals surface area contributed by atoms with Crippen LogP contribution in [0.5, 0.6) is 11.5 Å². The van der Waals surface area contributed by atoms with Crippen molar-refractivity contribution in [1.29, 1.82) is 0 Å². The fraction of sp³-hybridized carbons (Fsp3) is 0.263. The normalized spacial score (nSPS) is 10.7. The summed E-state index contributed by atoms with van der Waals surface area (Å²) in [7, 11) is 0. The molecular weight excluding hydrogens is 340 g/mol. The fourth-order valence-electron chi connectivity index (χ4n) is 2.22. The molecule has 0 aliphatic carbocycles. The van der Waals surface area contributed by atoms with Gasteiger partial charge in [0.1, 0.15) is 11.5 Å². The summed E-state index contributed by atoms with van der Waals surface area (Å²) < 4.78 is 11.0. The second kappa shape index (κ2) is 9.08.